The molecule has 0 bridgehead atoms. The molecule has 9 heteroatoms. The van der Waals surface area contributed by atoms with Crippen molar-refractivity contribution in [1.29, 1.82) is 0 Å². The van der Waals surface area contributed by atoms with Gasteiger partial charge >= 0.3 is 11.9 Å². The first-order chi connectivity index (χ1) is 15.3. The fraction of sp³-hybridized carbons (Fsp3) is 0.304. The SMILES string of the molecule is CCN(CC)C(=O)CCn1cc(Cc2ncc[nH]2)c2ccccc21.O=C(O)C=CC(=O)O. The van der Waals surface area contributed by atoms with Crippen molar-refractivity contribution >= 4 is 28.7 Å². The van der Waals surface area contributed by atoms with Gasteiger partial charge in [-0.2, -0.15) is 0 Å². The van der Waals surface area contributed by atoms with Crippen LogP contribution in [-0.2, 0) is 27.3 Å². The molecular weight excluding hydrogens is 412 g/mol. The Labute approximate surface area is 186 Å². The lowest BCUT2D eigenvalue weighted by atomic mass is 10.1. The molecule has 3 rings (SSSR count). The van der Waals surface area contributed by atoms with Gasteiger partial charge in [-0.15, -0.1) is 0 Å². The molecule has 0 spiro atoms. The predicted octanol–water partition coefficient (Wildman–Crippen LogP) is 2.93. The Morgan fingerprint density at radius 3 is 2.31 bits per heavy atom. The molecule has 0 unspecified atom stereocenters. The number of carbonyl (C=O) groups is 3. The Morgan fingerprint density at radius 1 is 1.09 bits per heavy atom. The Kier molecular flexibility index (Phi) is 9.22. The Bertz CT molecular complexity index is 1050. The first-order valence-electron chi connectivity index (χ1n) is 10.3. The van der Waals surface area contributed by atoms with E-state index in [0.29, 0.717) is 25.1 Å². The van der Waals surface area contributed by atoms with Crippen LogP contribution in [0, 0.1) is 0 Å². The minimum atomic E-state index is -1.26. The minimum absolute atomic E-state index is 0.213. The van der Waals surface area contributed by atoms with Crippen molar-refractivity contribution in [3.8, 4) is 0 Å². The standard InChI is InChI=1S/C19H24N4O.C4H4O4/c1-3-22(4-2)19(24)9-12-23-14-15(13-18-20-10-11-21-18)16-7-5-6-8-17(16)23;5-3(6)1-2-4(7)8/h5-8,10-11,14H,3-4,9,12-13H2,1-2H3,(H,20,21);1-2H,(H,5,6)(H,7,8). The number of aryl methyl sites for hydroxylation is 1. The fourth-order valence-electron chi connectivity index (χ4n) is 3.32. The van der Waals surface area contributed by atoms with Gasteiger partial charge in [0.25, 0.3) is 0 Å². The van der Waals surface area contributed by atoms with E-state index >= 15 is 0 Å². The summed E-state index contributed by atoms with van der Waals surface area (Å²) < 4.78 is 2.19. The molecule has 0 aliphatic carbocycles. The van der Waals surface area contributed by atoms with E-state index in [4.69, 9.17) is 10.2 Å². The second-order valence-corrected chi connectivity index (χ2v) is 6.90. The number of fused-ring (bicyclic) bond motifs is 1. The van der Waals surface area contributed by atoms with Crippen LogP contribution in [0.15, 0.2) is 55.0 Å². The lowest BCUT2D eigenvalue weighted by Gasteiger charge is -2.18. The van der Waals surface area contributed by atoms with Crippen LogP contribution < -0.4 is 0 Å². The van der Waals surface area contributed by atoms with Crippen LogP contribution in [0.25, 0.3) is 10.9 Å². The Hall–Kier alpha value is -3.88. The van der Waals surface area contributed by atoms with Gasteiger partial charge in [0.1, 0.15) is 5.82 Å². The van der Waals surface area contributed by atoms with E-state index in [1.165, 1.54) is 16.5 Å². The molecule has 9 nitrogen and oxygen atoms in total. The number of carbonyl (C=O) groups excluding carboxylic acids is 1. The number of aliphatic carboxylic acids is 2. The highest BCUT2D eigenvalue weighted by Gasteiger charge is 2.13. The van der Waals surface area contributed by atoms with Gasteiger partial charge in [0.15, 0.2) is 0 Å². The number of carboxylic acids is 2. The average molecular weight is 441 g/mol. The number of para-hydroxylation sites is 1. The maximum atomic E-state index is 12.3. The molecule has 2 heterocycles. The number of hydrogen-bond donors (Lipinski definition) is 3. The monoisotopic (exact) mass is 440 g/mol. The maximum absolute atomic E-state index is 12.3. The molecule has 0 saturated carbocycles. The van der Waals surface area contributed by atoms with Crippen molar-refractivity contribution in [1.82, 2.24) is 19.4 Å². The first-order valence-corrected chi connectivity index (χ1v) is 10.3. The van der Waals surface area contributed by atoms with Crippen LogP contribution in [0.2, 0.25) is 0 Å². The van der Waals surface area contributed by atoms with Gasteiger partial charge in [0.2, 0.25) is 5.91 Å². The zero-order valence-electron chi connectivity index (χ0n) is 18.2. The van der Waals surface area contributed by atoms with E-state index in [0.717, 1.165) is 25.3 Å². The fourth-order valence-corrected chi connectivity index (χ4v) is 3.32. The number of imidazole rings is 1. The maximum Gasteiger partial charge on any atom is 0.328 e. The normalized spacial score (nSPS) is 10.7. The number of nitrogens with zero attached hydrogens (tertiary/aromatic N) is 3. The number of benzene rings is 1. The highest BCUT2D eigenvalue weighted by Crippen LogP contribution is 2.23. The number of amides is 1. The lowest BCUT2D eigenvalue weighted by Crippen LogP contribution is -2.31. The van der Waals surface area contributed by atoms with Gasteiger partial charge in [-0.1, -0.05) is 18.2 Å². The summed E-state index contributed by atoms with van der Waals surface area (Å²) in [6, 6.07) is 8.35. The van der Waals surface area contributed by atoms with E-state index in [1.807, 2.05) is 31.0 Å². The molecule has 0 fully saturated rings. The van der Waals surface area contributed by atoms with Gasteiger partial charge < -0.3 is 24.7 Å². The number of rotatable bonds is 9. The van der Waals surface area contributed by atoms with Crippen LogP contribution >= 0.6 is 0 Å². The highest BCUT2D eigenvalue weighted by atomic mass is 16.4. The summed E-state index contributed by atoms with van der Waals surface area (Å²) in [5, 5.41) is 16.9. The van der Waals surface area contributed by atoms with Gasteiger partial charge in [0, 0.05) is 74.1 Å². The van der Waals surface area contributed by atoms with E-state index in [2.05, 4.69) is 38.9 Å². The summed E-state index contributed by atoms with van der Waals surface area (Å²) in [5.41, 5.74) is 2.40. The van der Waals surface area contributed by atoms with Crippen LogP contribution in [-0.4, -0.2) is 60.6 Å². The molecule has 0 aliphatic heterocycles. The van der Waals surface area contributed by atoms with Crippen molar-refractivity contribution in [3.05, 3.63) is 66.4 Å². The summed E-state index contributed by atoms with van der Waals surface area (Å²) in [5.74, 6) is -1.35. The second-order valence-electron chi connectivity index (χ2n) is 6.90. The highest BCUT2D eigenvalue weighted by molar-refractivity contribution is 5.89. The topological polar surface area (TPSA) is 129 Å². The van der Waals surface area contributed by atoms with E-state index in [9.17, 15) is 14.4 Å². The smallest absolute Gasteiger partial charge is 0.328 e. The molecule has 3 N–H and O–H groups in total. The summed E-state index contributed by atoms with van der Waals surface area (Å²) in [6.45, 7) is 6.28. The molecule has 0 atom stereocenters. The van der Waals surface area contributed by atoms with Crippen LogP contribution in [0.4, 0.5) is 0 Å². The van der Waals surface area contributed by atoms with Gasteiger partial charge in [-0.05, 0) is 25.5 Å². The molecule has 3 aromatic rings. The number of H-pyrrole nitrogens is 1. The van der Waals surface area contributed by atoms with E-state index in [1.54, 1.807) is 6.20 Å². The third-order valence-corrected chi connectivity index (χ3v) is 4.84. The molecule has 170 valence electrons. The van der Waals surface area contributed by atoms with Crippen LogP contribution in [0.5, 0.6) is 0 Å². The van der Waals surface area contributed by atoms with Gasteiger partial charge in [-0.3, -0.25) is 4.79 Å². The molecule has 1 amide bonds. The van der Waals surface area contributed by atoms with Crippen molar-refractivity contribution in [3.63, 3.8) is 0 Å². The van der Waals surface area contributed by atoms with Crippen molar-refractivity contribution in [2.24, 2.45) is 0 Å². The Morgan fingerprint density at radius 2 is 1.75 bits per heavy atom. The molecule has 2 aromatic heterocycles. The first kappa shape index (κ1) is 24.4. The van der Waals surface area contributed by atoms with Gasteiger partial charge in [0.05, 0.1) is 0 Å². The lowest BCUT2D eigenvalue weighted by molar-refractivity contribution is -0.134. The molecule has 1 aromatic carbocycles. The number of carboxylic acid groups (broad SMARTS) is 2. The number of aromatic amines is 1. The quantitative estimate of drug-likeness (QED) is 0.439. The molecule has 0 radical (unpaired) electrons. The average Bonchev–Trinajstić information content (AvgIpc) is 3.41. The minimum Gasteiger partial charge on any atom is -0.478 e. The number of aromatic nitrogens is 3. The number of nitrogens with one attached hydrogen (secondary N) is 1. The zero-order chi connectivity index (χ0) is 23.5. The van der Waals surface area contributed by atoms with Crippen molar-refractivity contribution < 1.29 is 24.6 Å². The molecule has 0 aliphatic rings. The third kappa shape index (κ3) is 7.12. The summed E-state index contributed by atoms with van der Waals surface area (Å²) in [4.78, 5) is 40.7. The zero-order valence-corrected chi connectivity index (χ0v) is 18.2. The number of hydrogen-bond acceptors (Lipinski definition) is 4. The largest absolute Gasteiger partial charge is 0.478 e. The van der Waals surface area contributed by atoms with E-state index in [-0.39, 0.29) is 5.91 Å². The predicted molar refractivity (Wildman–Crippen MR) is 120 cm³/mol. The molecule has 32 heavy (non-hydrogen) atoms. The summed E-state index contributed by atoms with van der Waals surface area (Å²) >= 11 is 0. The van der Waals surface area contributed by atoms with Crippen LogP contribution in [0.1, 0.15) is 31.7 Å². The van der Waals surface area contributed by atoms with Crippen molar-refractivity contribution in [2.75, 3.05) is 13.1 Å². The molecular formula is C23H28N4O5. The van der Waals surface area contributed by atoms with Crippen molar-refractivity contribution in [2.45, 2.75) is 33.2 Å². The summed E-state index contributed by atoms with van der Waals surface area (Å²) in [7, 11) is 0. The second kappa shape index (κ2) is 12.1. The van der Waals surface area contributed by atoms with Gasteiger partial charge in [-0.25, -0.2) is 14.6 Å². The van der Waals surface area contributed by atoms with E-state index < -0.39 is 11.9 Å². The van der Waals surface area contributed by atoms with Crippen LogP contribution in [0.3, 0.4) is 0 Å². The molecule has 0 saturated heterocycles. The summed E-state index contributed by atoms with van der Waals surface area (Å²) in [6.07, 6.45) is 8.19. The third-order valence-electron chi connectivity index (χ3n) is 4.84. The Balaban J connectivity index is 0.000000390.